The van der Waals surface area contributed by atoms with Gasteiger partial charge in [-0.1, -0.05) is 67.2 Å². The molecular weight excluding hydrogens is 390 g/mol. The van der Waals surface area contributed by atoms with Gasteiger partial charge in [-0.15, -0.1) is 0 Å². The number of aromatic amines is 1. The molecule has 0 fully saturated rings. The Morgan fingerprint density at radius 1 is 1.11 bits per heavy atom. The standard InChI is InChI=1S/C21H21N3O2S2/c1-2-8-15-13-19(25)24-21(22-15)27-14-20(26)23-17-11-6-7-12-18(17)28-16-9-4-3-5-10-16/h3-7,9-13H,2,8,14H2,1H3,(H,23,26)(H,22,24,25). The van der Waals surface area contributed by atoms with Gasteiger partial charge in [0.05, 0.1) is 11.4 Å². The molecule has 144 valence electrons. The Morgan fingerprint density at radius 3 is 2.64 bits per heavy atom. The van der Waals surface area contributed by atoms with Gasteiger partial charge in [0.15, 0.2) is 5.16 Å². The normalized spacial score (nSPS) is 10.6. The summed E-state index contributed by atoms with van der Waals surface area (Å²) in [6.45, 7) is 2.04. The number of aromatic nitrogens is 2. The molecule has 0 aliphatic carbocycles. The van der Waals surface area contributed by atoms with Gasteiger partial charge in [-0.05, 0) is 30.7 Å². The summed E-state index contributed by atoms with van der Waals surface area (Å²) in [5.74, 6) is 0.0257. The Morgan fingerprint density at radius 2 is 1.86 bits per heavy atom. The maximum Gasteiger partial charge on any atom is 0.251 e. The first kappa shape index (κ1) is 20.2. The van der Waals surface area contributed by atoms with E-state index in [1.165, 1.54) is 17.8 Å². The van der Waals surface area contributed by atoms with Crippen molar-refractivity contribution in [2.45, 2.75) is 34.7 Å². The van der Waals surface area contributed by atoms with Crippen LogP contribution in [-0.2, 0) is 11.2 Å². The summed E-state index contributed by atoms with van der Waals surface area (Å²) in [5.41, 5.74) is 1.33. The number of amides is 1. The predicted molar refractivity (Wildman–Crippen MR) is 115 cm³/mol. The molecule has 1 heterocycles. The number of anilines is 1. The molecule has 3 aromatic rings. The number of benzene rings is 2. The van der Waals surface area contributed by atoms with Crippen molar-refractivity contribution in [3.63, 3.8) is 0 Å². The lowest BCUT2D eigenvalue weighted by molar-refractivity contribution is -0.113. The molecule has 0 unspecified atom stereocenters. The van der Waals surface area contributed by atoms with Crippen molar-refractivity contribution in [2.75, 3.05) is 11.1 Å². The fraction of sp³-hybridized carbons (Fsp3) is 0.190. The van der Waals surface area contributed by atoms with E-state index in [0.29, 0.717) is 5.16 Å². The lowest BCUT2D eigenvalue weighted by Gasteiger charge is -2.10. The van der Waals surface area contributed by atoms with Crippen molar-refractivity contribution < 1.29 is 4.79 Å². The quantitative estimate of drug-likeness (QED) is 0.418. The second-order valence-electron chi connectivity index (χ2n) is 6.04. The number of thioether (sulfide) groups is 1. The minimum Gasteiger partial charge on any atom is -0.324 e. The van der Waals surface area contributed by atoms with Crippen LogP contribution in [0.1, 0.15) is 19.0 Å². The Bertz CT molecular complexity index is 990. The smallest absolute Gasteiger partial charge is 0.251 e. The van der Waals surface area contributed by atoms with Gasteiger partial charge in [0.2, 0.25) is 5.91 Å². The lowest BCUT2D eigenvalue weighted by atomic mass is 10.2. The van der Waals surface area contributed by atoms with Crippen molar-refractivity contribution in [3.8, 4) is 0 Å². The SMILES string of the molecule is CCCc1cc(=O)[nH]c(SCC(=O)Nc2ccccc2Sc2ccccc2)n1. The second kappa shape index (κ2) is 10.1. The number of hydrogen-bond acceptors (Lipinski definition) is 5. The van der Waals surface area contributed by atoms with E-state index in [9.17, 15) is 9.59 Å². The topological polar surface area (TPSA) is 74.8 Å². The number of carbonyl (C=O) groups is 1. The Balaban J connectivity index is 1.63. The van der Waals surface area contributed by atoms with Crippen molar-refractivity contribution in [1.29, 1.82) is 0 Å². The molecule has 0 radical (unpaired) electrons. The monoisotopic (exact) mass is 411 g/mol. The third-order valence-corrected chi connectivity index (χ3v) is 5.71. The molecular formula is C21H21N3O2S2. The minimum absolute atomic E-state index is 0.144. The number of aryl methyl sites for hydroxylation is 1. The summed E-state index contributed by atoms with van der Waals surface area (Å²) in [6, 6.07) is 19.2. The first-order valence-electron chi connectivity index (χ1n) is 8.99. The second-order valence-corrected chi connectivity index (χ2v) is 8.12. The highest BCUT2D eigenvalue weighted by atomic mass is 32.2. The van der Waals surface area contributed by atoms with Crippen molar-refractivity contribution in [1.82, 2.24) is 9.97 Å². The highest BCUT2D eigenvalue weighted by Crippen LogP contribution is 2.33. The molecule has 3 rings (SSSR count). The van der Waals surface area contributed by atoms with Crippen LogP contribution in [0.5, 0.6) is 0 Å². The van der Waals surface area contributed by atoms with Crippen LogP contribution in [0.4, 0.5) is 5.69 Å². The molecule has 5 nitrogen and oxygen atoms in total. The van der Waals surface area contributed by atoms with E-state index in [2.05, 4.69) is 15.3 Å². The van der Waals surface area contributed by atoms with Crippen LogP contribution in [0.25, 0.3) is 0 Å². The molecule has 0 saturated heterocycles. The van der Waals surface area contributed by atoms with Crippen LogP contribution in [0.3, 0.4) is 0 Å². The Hall–Kier alpha value is -2.51. The number of nitrogens with zero attached hydrogens (tertiary/aromatic N) is 1. The maximum absolute atomic E-state index is 12.4. The Kier molecular flexibility index (Phi) is 7.33. The van der Waals surface area contributed by atoms with E-state index in [-0.39, 0.29) is 17.2 Å². The van der Waals surface area contributed by atoms with E-state index in [0.717, 1.165) is 34.0 Å². The largest absolute Gasteiger partial charge is 0.324 e. The van der Waals surface area contributed by atoms with Crippen molar-refractivity contribution >= 4 is 35.1 Å². The van der Waals surface area contributed by atoms with Gasteiger partial charge < -0.3 is 10.3 Å². The zero-order valence-corrected chi connectivity index (χ0v) is 17.1. The van der Waals surface area contributed by atoms with Gasteiger partial charge in [-0.25, -0.2) is 4.98 Å². The van der Waals surface area contributed by atoms with Crippen molar-refractivity contribution in [2.24, 2.45) is 0 Å². The van der Waals surface area contributed by atoms with Gasteiger partial charge >= 0.3 is 0 Å². The number of H-pyrrole nitrogens is 1. The van der Waals surface area contributed by atoms with E-state index in [1.807, 2.05) is 61.5 Å². The van der Waals surface area contributed by atoms with Crippen LogP contribution in [-0.4, -0.2) is 21.6 Å². The molecule has 0 saturated carbocycles. The van der Waals surface area contributed by atoms with Gasteiger partial charge in [0.25, 0.3) is 5.56 Å². The number of para-hydroxylation sites is 1. The lowest BCUT2D eigenvalue weighted by Crippen LogP contribution is -2.16. The van der Waals surface area contributed by atoms with Crippen LogP contribution in [0.15, 0.2) is 80.4 Å². The average molecular weight is 412 g/mol. The van der Waals surface area contributed by atoms with Gasteiger partial charge in [0.1, 0.15) is 0 Å². The number of nitrogens with one attached hydrogen (secondary N) is 2. The molecule has 1 amide bonds. The summed E-state index contributed by atoms with van der Waals surface area (Å²) in [4.78, 5) is 33.3. The van der Waals surface area contributed by atoms with E-state index < -0.39 is 0 Å². The summed E-state index contributed by atoms with van der Waals surface area (Å²) >= 11 is 2.82. The van der Waals surface area contributed by atoms with Crippen LogP contribution in [0.2, 0.25) is 0 Å². The average Bonchev–Trinajstić information content (AvgIpc) is 2.69. The third-order valence-electron chi connectivity index (χ3n) is 3.75. The molecule has 0 bridgehead atoms. The van der Waals surface area contributed by atoms with E-state index >= 15 is 0 Å². The number of carbonyl (C=O) groups excluding carboxylic acids is 1. The Labute approximate surface area is 172 Å². The molecule has 7 heteroatoms. The first-order chi connectivity index (χ1) is 13.6. The van der Waals surface area contributed by atoms with Gasteiger partial charge in [0, 0.05) is 21.6 Å². The molecule has 2 N–H and O–H groups in total. The highest BCUT2D eigenvalue weighted by molar-refractivity contribution is 8.00. The zero-order valence-electron chi connectivity index (χ0n) is 15.5. The van der Waals surface area contributed by atoms with Crippen LogP contribution in [0, 0.1) is 0 Å². The molecule has 28 heavy (non-hydrogen) atoms. The molecule has 0 atom stereocenters. The van der Waals surface area contributed by atoms with Gasteiger partial charge in [-0.2, -0.15) is 0 Å². The van der Waals surface area contributed by atoms with E-state index in [4.69, 9.17) is 0 Å². The first-order valence-corrected chi connectivity index (χ1v) is 10.8. The minimum atomic E-state index is -0.189. The highest BCUT2D eigenvalue weighted by Gasteiger charge is 2.10. The van der Waals surface area contributed by atoms with Crippen LogP contribution >= 0.6 is 23.5 Å². The third kappa shape index (κ3) is 6.00. The predicted octanol–water partition coefficient (Wildman–Crippen LogP) is 4.60. The summed E-state index contributed by atoms with van der Waals surface area (Å²) in [5, 5.41) is 3.43. The summed E-state index contributed by atoms with van der Waals surface area (Å²) < 4.78 is 0. The fourth-order valence-electron chi connectivity index (χ4n) is 2.53. The molecule has 0 aliphatic rings. The molecule has 0 spiro atoms. The molecule has 1 aromatic heterocycles. The number of hydrogen-bond donors (Lipinski definition) is 2. The summed E-state index contributed by atoms with van der Waals surface area (Å²) in [7, 11) is 0. The van der Waals surface area contributed by atoms with E-state index in [1.54, 1.807) is 11.8 Å². The van der Waals surface area contributed by atoms with Crippen LogP contribution < -0.4 is 10.9 Å². The molecule has 2 aromatic carbocycles. The fourth-order valence-corrected chi connectivity index (χ4v) is 4.15. The number of rotatable bonds is 8. The maximum atomic E-state index is 12.4. The zero-order chi connectivity index (χ0) is 19.8. The van der Waals surface area contributed by atoms with Gasteiger partial charge in [-0.3, -0.25) is 9.59 Å². The molecule has 0 aliphatic heterocycles. The summed E-state index contributed by atoms with van der Waals surface area (Å²) in [6.07, 6.45) is 1.66. The van der Waals surface area contributed by atoms with Crippen molar-refractivity contribution in [3.05, 3.63) is 76.7 Å².